The van der Waals surface area contributed by atoms with Crippen molar-refractivity contribution in [1.29, 1.82) is 0 Å². The molecule has 0 spiro atoms. The van der Waals surface area contributed by atoms with Crippen molar-refractivity contribution in [2.24, 2.45) is 0 Å². The van der Waals surface area contributed by atoms with E-state index < -0.39 is 21.5 Å². The van der Waals surface area contributed by atoms with Crippen molar-refractivity contribution >= 4 is 9.84 Å². The third-order valence-corrected chi connectivity index (χ3v) is 3.49. The Bertz CT molecular complexity index is 228. The molecule has 60 valence electrons. The van der Waals surface area contributed by atoms with E-state index in [9.17, 15) is 8.42 Å². The lowest BCUT2D eigenvalue weighted by molar-refractivity contribution is -0.0241. The van der Waals surface area contributed by atoms with Gasteiger partial charge in [0.25, 0.3) is 0 Å². The molecule has 4 nitrogen and oxygen atoms in total. The van der Waals surface area contributed by atoms with Crippen LogP contribution in [0.2, 0.25) is 0 Å². The minimum absolute atomic E-state index is 0.319. The summed E-state index contributed by atoms with van der Waals surface area (Å²) in [7, 11) is -3.20. The first-order valence-electron chi connectivity index (χ1n) is 2.94. The van der Waals surface area contributed by atoms with Gasteiger partial charge in [-0.25, -0.2) is 8.42 Å². The molecule has 0 aromatic carbocycles. The summed E-state index contributed by atoms with van der Waals surface area (Å²) in [5.74, 6) is -0.652. The summed E-state index contributed by atoms with van der Waals surface area (Å²) in [5, 5.41) is 18.1. The lowest BCUT2D eigenvalue weighted by Gasteiger charge is -2.17. The van der Waals surface area contributed by atoms with Crippen LogP contribution in [0.5, 0.6) is 0 Å². The molecular weight excluding hydrogens is 156 g/mol. The van der Waals surface area contributed by atoms with Crippen LogP contribution in [0.4, 0.5) is 0 Å². The molecule has 1 rings (SSSR count). The van der Waals surface area contributed by atoms with Gasteiger partial charge in [0.2, 0.25) is 0 Å². The van der Waals surface area contributed by atoms with Gasteiger partial charge < -0.3 is 10.2 Å². The van der Waals surface area contributed by atoms with Gasteiger partial charge in [0.05, 0.1) is 17.6 Å². The zero-order valence-corrected chi connectivity index (χ0v) is 6.43. The Balaban J connectivity index is 2.92. The minimum Gasteiger partial charge on any atom is -0.389 e. The highest BCUT2D eigenvalue weighted by Gasteiger charge is 2.44. The fourth-order valence-corrected chi connectivity index (χ4v) is 3.06. The molecule has 0 aromatic heterocycles. The number of rotatable bonds is 0. The molecule has 1 heterocycles. The average Bonchev–Trinajstić information content (AvgIpc) is 1.73. The molecule has 0 bridgehead atoms. The second-order valence-electron chi connectivity index (χ2n) is 2.93. The SMILES string of the molecule is C[C@]1(O)CS(=O)(=O)C[C@H]1O. The second kappa shape index (κ2) is 1.93. The van der Waals surface area contributed by atoms with Crippen molar-refractivity contribution in [1.82, 2.24) is 0 Å². The van der Waals surface area contributed by atoms with Gasteiger partial charge in [-0.3, -0.25) is 0 Å². The van der Waals surface area contributed by atoms with Crippen LogP contribution in [0.25, 0.3) is 0 Å². The highest BCUT2D eigenvalue weighted by Crippen LogP contribution is 2.22. The minimum atomic E-state index is -3.20. The molecule has 1 saturated heterocycles. The smallest absolute Gasteiger partial charge is 0.155 e. The van der Waals surface area contributed by atoms with Crippen LogP contribution in [0.1, 0.15) is 6.92 Å². The largest absolute Gasteiger partial charge is 0.389 e. The average molecular weight is 166 g/mol. The molecule has 5 heteroatoms. The van der Waals surface area contributed by atoms with Crippen molar-refractivity contribution in [2.45, 2.75) is 18.6 Å². The van der Waals surface area contributed by atoms with E-state index in [1.807, 2.05) is 0 Å². The van der Waals surface area contributed by atoms with E-state index in [1.165, 1.54) is 6.92 Å². The van der Waals surface area contributed by atoms with E-state index in [1.54, 1.807) is 0 Å². The Kier molecular flexibility index (Phi) is 1.54. The van der Waals surface area contributed by atoms with Gasteiger partial charge in [0, 0.05) is 0 Å². The maximum absolute atomic E-state index is 10.7. The molecule has 1 aliphatic rings. The molecule has 0 aliphatic carbocycles. The summed E-state index contributed by atoms with van der Waals surface area (Å²) in [6, 6.07) is 0. The van der Waals surface area contributed by atoms with Crippen LogP contribution in [0, 0.1) is 0 Å². The number of hydrogen-bond acceptors (Lipinski definition) is 4. The highest BCUT2D eigenvalue weighted by molar-refractivity contribution is 7.91. The van der Waals surface area contributed by atoms with E-state index in [0.29, 0.717) is 0 Å². The Morgan fingerprint density at radius 1 is 1.60 bits per heavy atom. The van der Waals surface area contributed by atoms with Gasteiger partial charge in [-0.1, -0.05) is 0 Å². The summed E-state index contributed by atoms with van der Waals surface area (Å²) in [5.41, 5.74) is -1.45. The molecule has 10 heavy (non-hydrogen) atoms. The zero-order valence-electron chi connectivity index (χ0n) is 5.61. The molecule has 0 aromatic rings. The van der Waals surface area contributed by atoms with E-state index in [4.69, 9.17) is 10.2 Å². The molecular formula is C5H10O4S. The molecule has 2 N–H and O–H groups in total. The van der Waals surface area contributed by atoms with Gasteiger partial charge in [-0.05, 0) is 6.92 Å². The van der Waals surface area contributed by atoms with Gasteiger partial charge in [-0.2, -0.15) is 0 Å². The standard InChI is InChI=1S/C5H10O4S/c1-5(7)3-10(8,9)2-4(5)6/h4,6-7H,2-3H2,1H3/t4-,5+/m1/s1. The van der Waals surface area contributed by atoms with Gasteiger partial charge in [-0.15, -0.1) is 0 Å². The van der Waals surface area contributed by atoms with E-state index >= 15 is 0 Å². The van der Waals surface area contributed by atoms with Crippen LogP contribution in [-0.2, 0) is 9.84 Å². The third-order valence-electron chi connectivity index (χ3n) is 1.64. The van der Waals surface area contributed by atoms with E-state index in [0.717, 1.165) is 0 Å². The predicted molar refractivity (Wildman–Crippen MR) is 35.3 cm³/mol. The second-order valence-corrected chi connectivity index (χ2v) is 5.04. The van der Waals surface area contributed by atoms with Gasteiger partial charge >= 0.3 is 0 Å². The van der Waals surface area contributed by atoms with Gasteiger partial charge in [0.1, 0.15) is 5.60 Å². The Labute approximate surface area is 59.4 Å². The van der Waals surface area contributed by atoms with Crippen LogP contribution in [0.3, 0.4) is 0 Å². The maximum atomic E-state index is 10.7. The number of aliphatic hydroxyl groups excluding tert-OH is 1. The summed E-state index contributed by atoms with van der Waals surface area (Å²) in [4.78, 5) is 0. The third kappa shape index (κ3) is 1.31. The zero-order chi connectivity index (χ0) is 7.99. The summed E-state index contributed by atoms with van der Waals surface area (Å²) in [6.45, 7) is 1.32. The fraction of sp³-hybridized carbons (Fsp3) is 1.00. The topological polar surface area (TPSA) is 74.6 Å². The number of hydrogen-bond donors (Lipinski definition) is 2. The van der Waals surface area contributed by atoms with E-state index in [2.05, 4.69) is 0 Å². The first kappa shape index (κ1) is 7.97. The van der Waals surface area contributed by atoms with Crippen LogP contribution in [0.15, 0.2) is 0 Å². The molecule has 0 unspecified atom stereocenters. The number of sulfone groups is 1. The lowest BCUT2D eigenvalue weighted by atomic mass is 10.0. The van der Waals surface area contributed by atoms with Crippen LogP contribution in [-0.4, -0.2) is 41.8 Å². The summed E-state index contributed by atoms with van der Waals surface area (Å²) < 4.78 is 21.5. The molecule has 0 radical (unpaired) electrons. The molecule has 2 atom stereocenters. The Hall–Kier alpha value is -0.130. The van der Waals surface area contributed by atoms with Crippen molar-refractivity contribution < 1.29 is 18.6 Å². The maximum Gasteiger partial charge on any atom is 0.155 e. The van der Waals surface area contributed by atoms with Crippen molar-refractivity contribution in [3.05, 3.63) is 0 Å². The number of aliphatic hydroxyl groups is 2. The van der Waals surface area contributed by atoms with Crippen molar-refractivity contribution in [3.8, 4) is 0 Å². The van der Waals surface area contributed by atoms with Gasteiger partial charge in [0.15, 0.2) is 9.84 Å². The normalized spacial score (nSPS) is 45.7. The molecule has 0 amide bonds. The lowest BCUT2D eigenvalue weighted by Crippen LogP contribution is -2.37. The van der Waals surface area contributed by atoms with Crippen molar-refractivity contribution in [3.63, 3.8) is 0 Å². The summed E-state index contributed by atoms with van der Waals surface area (Å²) in [6.07, 6.45) is -1.13. The fourth-order valence-electron chi connectivity index (χ4n) is 1.02. The molecule has 0 saturated carbocycles. The van der Waals surface area contributed by atoms with Crippen molar-refractivity contribution in [2.75, 3.05) is 11.5 Å². The highest BCUT2D eigenvalue weighted by atomic mass is 32.2. The molecule has 1 fully saturated rings. The predicted octanol–water partition coefficient (Wildman–Crippen LogP) is -1.47. The molecule has 1 aliphatic heterocycles. The monoisotopic (exact) mass is 166 g/mol. The van der Waals surface area contributed by atoms with Crippen LogP contribution >= 0.6 is 0 Å². The Morgan fingerprint density at radius 2 is 2.10 bits per heavy atom. The first-order chi connectivity index (χ1) is 4.33. The summed E-state index contributed by atoms with van der Waals surface area (Å²) >= 11 is 0. The van der Waals surface area contributed by atoms with Crippen LogP contribution < -0.4 is 0 Å². The quantitative estimate of drug-likeness (QED) is 0.460. The first-order valence-corrected chi connectivity index (χ1v) is 4.76. The van der Waals surface area contributed by atoms with E-state index in [-0.39, 0.29) is 11.5 Å². The Morgan fingerprint density at radius 3 is 2.20 bits per heavy atom.